The van der Waals surface area contributed by atoms with Gasteiger partial charge < -0.3 is 4.74 Å². The Labute approximate surface area is 150 Å². The van der Waals surface area contributed by atoms with Gasteiger partial charge in [0.25, 0.3) is 0 Å². The van der Waals surface area contributed by atoms with E-state index in [1.165, 1.54) is 12.1 Å². The Kier molecular flexibility index (Phi) is 4.08. The molecule has 6 heteroatoms. The van der Waals surface area contributed by atoms with Gasteiger partial charge >= 0.3 is 0 Å². The first kappa shape index (κ1) is 16.2. The Morgan fingerprint density at radius 2 is 2.00 bits per heavy atom. The second kappa shape index (κ2) is 6.55. The molecule has 26 heavy (non-hydrogen) atoms. The van der Waals surface area contributed by atoms with Crippen molar-refractivity contribution < 1.29 is 9.13 Å². The highest BCUT2D eigenvalue weighted by Crippen LogP contribution is 2.27. The fraction of sp³-hybridized carbons (Fsp3) is 0.150. The lowest BCUT2D eigenvalue weighted by Crippen LogP contribution is -2.01. The lowest BCUT2D eigenvalue weighted by molar-refractivity contribution is 0.294. The monoisotopic (exact) mass is 348 g/mol. The predicted molar refractivity (Wildman–Crippen MR) is 96.9 cm³/mol. The third kappa shape index (κ3) is 3.01. The summed E-state index contributed by atoms with van der Waals surface area (Å²) >= 11 is 0. The van der Waals surface area contributed by atoms with Crippen molar-refractivity contribution >= 4 is 11.0 Å². The van der Waals surface area contributed by atoms with Gasteiger partial charge in [-0.25, -0.2) is 9.07 Å². The van der Waals surface area contributed by atoms with Gasteiger partial charge in [-0.15, -0.1) is 0 Å². The van der Waals surface area contributed by atoms with E-state index in [4.69, 9.17) is 4.74 Å². The van der Waals surface area contributed by atoms with Crippen LogP contribution in [0.2, 0.25) is 0 Å². The first-order chi connectivity index (χ1) is 12.6. The van der Waals surface area contributed by atoms with E-state index in [2.05, 4.69) is 15.1 Å². The van der Waals surface area contributed by atoms with E-state index < -0.39 is 0 Å². The maximum absolute atomic E-state index is 13.6. The Balaban J connectivity index is 1.76. The highest BCUT2D eigenvalue weighted by molar-refractivity contribution is 5.83. The molecule has 4 aromatic rings. The van der Waals surface area contributed by atoms with Crippen LogP contribution in [-0.4, -0.2) is 19.7 Å². The zero-order valence-corrected chi connectivity index (χ0v) is 14.5. The molecule has 0 saturated carbocycles. The molecule has 0 radical (unpaired) electrons. The van der Waals surface area contributed by atoms with Crippen LogP contribution in [-0.2, 0) is 6.61 Å². The molecule has 0 aliphatic rings. The van der Waals surface area contributed by atoms with E-state index in [0.29, 0.717) is 23.8 Å². The van der Waals surface area contributed by atoms with Crippen molar-refractivity contribution in [3.8, 4) is 11.6 Å². The van der Waals surface area contributed by atoms with Crippen LogP contribution in [0.15, 0.2) is 54.9 Å². The maximum atomic E-state index is 13.6. The number of fused-ring (bicyclic) bond motifs is 1. The van der Waals surface area contributed by atoms with Gasteiger partial charge in [0.15, 0.2) is 5.65 Å². The molecule has 5 nitrogen and oxygen atoms in total. The van der Waals surface area contributed by atoms with E-state index in [1.807, 2.05) is 32.0 Å². The summed E-state index contributed by atoms with van der Waals surface area (Å²) in [5.41, 5.74) is 4.08. The molecule has 4 rings (SSSR count). The average Bonchev–Trinajstić information content (AvgIpc) is 2.98. The zero-order chi connectivity index (χ0) is 18.1. The molecule has 0 unspecified atom stereocenters. The van der Waals surface area contributed by atoms with Gasteiger partial charge in [-0.2, -0.15) is 10.1 Å². The van der Waals surface area contributed by atoms with Gasteiger partial charge in [0.1, 0.15) is 12.4 Å². The Morgan fingerprint density at radius 1 is 1.12 bits per heavy atom. The number of aromatic nitrogens is 4. The summed E-state index contributed by atoms with van der Waals surface area (Å²) in [6.45, 7) is 4.29. The van der Waals surface area contributed by atoms with Crippen molar-refractivity contribution in [1.82, 2.24) is 19.7 Å². The molecule has 130 valence electrons. The summed E-state index contributed by atoms with van der Waals surface area (Å²) in [6.07, 6.45) is 3.48. The quantitative estimate of drug-likeness (QED) is 0.556. The Hall–Kier alpha value is -3.28. The van der Waals surface area contributed by atoms with Gasteiger partial charge in [0, 0.05) is 29.4 Å². The molecular weight excluding hydrogens is 331 g/mol. The number of hydrogen-bond donors (Lipinski definition) is 0. The van der Waals surface area contributed by atoms with Crippen LogP contribution in [0.1, 0.15) is 16.8 Å². The SMILES string of the molecule is Cc1cc(OCc2cccnc2)nc2c1c(C)nn2-c1cccc(F)c1. The third-order valence-electron chi connectivity index (χ3n) is 4.15. The summed E-state index contributed by atoms with van der Waals surface area (Å²) < 4.78 is 21.1. The van der Waals surface area contributed by atoms with Crippen LogP contribution < -0.4 is 4.74 Å². The fourth-order valence-corrected chi connectivity index (χ4v) is 2.98. The molecule has 0 aliphatic heterocycles. The number of hydrogen-bond acceptors (Lipinski definition) is 4. The van der Waals surface area contributed by atoms with E-state index in [1.54, 1.807) is 29.2 Å². The molecule has 0 bridgehead atoms. The number of ether oxygens (including phenoxy) is 1. The van der Waals surface area contributed by atoms with Crippen molar-refractivity contribution in [2.75, 3.05) is 0 Å². The normalized spacial score (nSPS) is 11.0. The molecule has 3 heterocycles. The van der Waals surface area contributed by atoms with Gasteiger partial charge in [-0.1, -0.05) is 12.1 Å². The minimum atomic E-state index is -0.315. The van der Waals surface area contributed by atoms with Crippen LogP contribution in [0.4, 0.5) is 4.39 Å². The van der Waals surface area contributed by atoms with Crippen LogP contribution in [0.5, 0.6) is 5.88 Å². The molecular formula is C20H17FN4O. The van der Waals surface area contributed by atoms with Crippen molar-refractivity contribution in [2.24, 2.45) is 0 Å². The standard InChI is InChI=1S/C20H17FN4O/c1-13-9-18(26-12-15-5-4-8-22-11-15)23-20-19(13)14(2)24-25(20)17-7-3-6-16(21)10-17/h3-11H,12H2,1-2H3. The average molecular weight is 348 g/mol. The lowest BCUT2D eigenvalue weighted by atomic mass is 10.1. The van der Waals surface area contributed by atoms with Gasteiger partial charge in [-0.3, -0.25) is 4.98 Å². The molecule has 0 atom stereocenters. The third-order valence-corrected chi connectivity index (χ3v) is 4.15. The summed E-state index contributed by atoms with van der Waals surface area (Å²) in [6, 6.07) is 12.0. The van der Waals surface area contributed by atoms with Crippen LogP contribution in [0.25, 0.3) is 16.7 Å². The van der Waals surface area contributed by atoms with Crippen molar-refractivity contribution in [2.45, 2.75) is 20.5 Å². The maximum Gasteiger partial charge on any atom is 0.215 e. The minimum absolute atomic E-state index is 0.315. The van der Waals surface area contributed by atoms with Crippen molar-refractivity contribution in [3.05, 3.63) is 77.5 Å². The summed E-state index contributed by atoms with van der Waals surface area (Å²) in [5, 5.41) is 5.49. The second-order valence-electron chi connectivity index (χ2n) is 6.10. The van der Waals surface area contributed by atoms with Crippen LogP contribution in [0.3, 0.4) is 0 Å². The highest BCUT2D eigenvalue weighted by Gasteiger charge is 2.15. The highest BCUT2D eigenvalue weighted by atomic mass is 19.1. The summed E-state index contributed by atoms with van der Waals surface area (Å²) in [4.78, 5) is 8.69. The minimum Gasteiger partial charge on any atom is -0.473 e. The second-order valence-corrected chi connectivity index (χ2v) is 6.10. The number of halogens is 1. The van der Waals surface area contributed by atoms with Crippen molar-refractivity contribution in [1.29, 1.82) is 0 Å². The van der Waals surface area contributed by atoms with Crippen LogP contribution >= 0.6 is 0 Å². The van der Waals surface area contributed by atoms with Gasteiger partial charge in [0.2, 0.25) is 5.88 Å². The van der Waals surface area contributed by atoms with E-state index in [0.717, 1.165) is 22.2 Å². The molecule has 1 aromatic carbocycles. The summed E-state index contributed by atoms with van der Waals surface area (Å²) in [7, 11) is 0. The molecule has 3 aromatic heterocycles. The van der Waals surface area contributed by atoms with Crippen LogP contribution in [0, 0.1) is 19.7 Å². The smallest absolute Gasteiger partial charge is 0.215 e. The first-order valence-corrected chi connectivity index (χ1v) is 8.26. The molecule has 0 saturated heterocycles. The van der Waals surface area contributed by atoms with Gasteiger partial charge in [0.05, 0.1) is 11.4 Å². The molecule has 0 fully saturated rings. The largest absolute Gasteiger partial charge is 0.473 e. The number of rotatable bonds is 4. The van der Waals surface area contributed by atoms with E-state index in [-0.39, 0.29) is 5.82 Å². The predicted octanol–water partition coefficient (Wildman–Crippen LogP) is 4.15. The molecule has 0 N–H and O–H groups in total. The number of nitrogens with zero attached hydrogens (tertiary/aromatic N) is 4. The summed E-state index contributed by atoms with van der Waals surface area (Å²) in [5.74, 6) is 0.181. The Morgan fingerprint density at radius 3 is 2.77 bits per heavy atom. The van der Waals surface area contributed by atoms with Crippen molar-refractivity contribution in [3.63, 3.8) is 0 Å². The topological polar surface area (TPSA) is 52.8 Å². The number of aryl methyl sites for hydroxylation is 2. The number of pyridine rings is 2. The lowest BCUT2D eigenvalue weighted by Gasteiger charge is -2.08. The Bertz CT molecular complexity index is 1080. The van der Waals surface area contributed by atoms with E-state index >= 15 is 0 Å². The van der Waals surface area contributed by atoms with Gasteiger partial charge in [-0.05, 0) is 43.7 Å². The molecule has 0 aliphatic carbocycles. The molecule has 0 spiro atoms. The molecule has 0 amide bonds. The fourth-order valence-electron chi connectivity index (χ4n) is 2.98. The van der Waals surface area contributed by atoms with E-state index in [9.17, 15) is 4.39 Å². The zero-order valence-electron chi connectivity index (χ0n) is 14.5. The number of benzene rings is 1. The first-order valence-electron chi connectivity index (χ1n) is 8.26.